The average molecular weight is 338 g/mol. The summed E-state index contributed by atoms with van der Waals surface area (Å²) >= 11 is 0. The van der Waals surface area contributed by atoms with Crippen LogP contribution in [-0.2, 0) is 22.0 Å². The molecule has 0 radical (unpaired) electrons. The van der Waals surface area contributed by atoms with Gasteiger partial charge >= 0.3 is 0 Å². The van der Waals surface area contributed by atoms with E-state index in [9.17, 15) is 13.5 Å². The molecule has 0 aliphatic rings. The number of hydrogen-bond donors (Lipinski definition) is 1. The molecule has 1 aromatic carbocycles. The van der Waals surface area contributed by atoms with Crippen LogP contribution in [0.25, 0.3) is 0 Å². The van der Waals surface area contributed by atoms with E-state index >= 15 is 0 Å². The maximum absolute atomic E-state index is 11.5. The minimum absolute atomic E-state index is 0.239. The van der Waals surface area contributed by atoms with Crippen molar-refractivity contribution >= 4 is 9.84 Å². The van der Waals surface area contributed by atoms with E-state index in [1.807, 2.05) is 24.9 Å². The summed E-state index contributed by atoms with van der Waals surface area (Å²) in [4.78, 5) is 2.17. The first-order chi connectivity index (χ1) is 10.6. The molecule has 1 aromatic heterocycles. The molecule has 7 heteroatoms. The van der Waals surface area contributed by atoms with E-state index in [1.54, 1.807) is 19.1 Å². The molecular formula is C16H22N2O4S. The smallest absolute Gasteiger partial charge is 0.175 e. The normalized spacial score (nSPS) is 14.9. The van der Waals surface area contributed by atoms with Crippen LogP contribution in [0.1, 0.15) is 23.9 Å². The quantitative estimate of drug-likeness (QED) is 0.863. The second kappa shape index (κ2) is 6.43. The Morgan fingerprint density at radius 2 is 1.91 bits per heavy atom. The van der Waals surface area contributed by atoms with Crippen molar-refractivity contribution in [3.05, 3.63) is 47.3 Å². The van der Waals surface area contributed by atoms with Crippen molar-refractivity contribution in [3.63, 3.8) is 0 Å². The van der Waals surface area contributed by atoms with Gasteiger partial charge in [0.2, 0.25) is 0 Å². The van der Waals surface area contributed by atoms with Gasteiger partial charge in [0, 0.05) is 25.4 Å². The summed E-state index contributed by atoms with van der Waals surface area (Å²) in [5, 5.41) is 14.6. The molecule has 0 saturated heterocycles. The van der Waals surface area contributed by atoms with Crippen molar-refractivity contribution in [2.75, 3.05) is 19.8 Å². The number of aryl methyl sites for hydroxylation is 1. The number of aromatic nitrogens is 1. The fourth-order valence-electron chi connectivity index (χ4n) is 2.50. The van der Waals surface area contributed by atoms with Crippen LogP contribution in [0, 0.1) is 6.92 Å². The molecule has 0 aliphatic heterocycles. The highest BCUT2D eigenvalue weighted by molar-refractivity contribution is 7.90. The number of nitrogens with zero attached hydrogens (tertiary/aromatic N) is 2. The highest BCUT2D eigenvalue weighted by atomic mass is 32.2. The number of likely N-dealkylation sites (N-methyl/N-ethyl adjacent to an activating group) is 1. The molecule has 0 saturated carbocycles. The predicted molar refractivity (Wildman–Crippen MR) is 86.7 cm³/mol. The molecule has 0 fully saturated rings. The van der Waals surface area contributed by atoms with Crippen molar-refractivity contribution < 1.29 is 18.0 Å². The van der Waals surface area contributed by atoms with Gasteiger partial charge in [-0.3, -0.25) is 4.90 Å². The number of rotatable bonds is 6. The van der Waals surface area contributed by atoms with E-state index in [4.69, 9.17) is 4.52 Å². The summed E-state index contributed by atoms with van der Waals surface area (Å²) in [6.07, 6.45) is 1.16. The van der Waals surface area contributed by atoms with Gasteiger partial charge in [0.25, 0.3) is 0 Å². The molecule has 0 spiro atoms. The summed E-state index contributed by atoms with van der Waals surface area (Å²) in [7, 11) is -1.36. The van der Waals surface area contributed by atoms with Gasteiger partial charge in [-0.15, -0.1) is 0 Å². The average Bonchev–Trinajstić information content (AvgIpc) is 2.82. The SMILES string of the molecule is Cc1cc(CN(C)C[C@](C)(O)c2ccc(S(C)(=O)=O)cc2)no1. The lowest BCUT2D eigenvalue weighted by Crippen LogP contribution is -2.36. The lowest BCUT2D eigenvalue weighted by atomic mass is 9.95. The molecule has 2 aromatic rings. The van der Waals surface area contributed by atoms with Crippen LogP contribution in [0.2, 0.25) is 0 Å². The fourth-order valence-corrected chi connectivity index (χ4v) is 3.13. The van der Waals surface area contributed by atoms with Crippen molar-refractivity contribution in [2.24, 2.45) is 0 Å². The molecular weight excluding hydrogens is 316 g/mol. The molecule has 0 unspecified atom stereocenters. The minimum Gasteiger partial charge on any atom is -0.384 e. The van der Waals surface area contributed by atoms with Gasteiger partial charge in [-0.1, -0.05) is 17.3 Å². The van der Waals surface area contributed by atoms with E-state index in [-0.39, 0.29) is 4.90 Å². The molecule has 1 N–H and O–H groups in total. The molecule has 0 amide bonds. The first-order valence-corrected chi connectivity index (χ1v) is 9.11. The summed E-state index contributed by atoms with van der Waals surface area (Å²) < 4.78 is 28.0. The van der Waals surface area contributed by atoms with E-state index < -0.39 is 15.4 Å². The first-order valence-electron chi connectivity index (χ1n) is 7.22. The Balaban J connectivity index is 2.08. The zero-order valence-electron chi connectivity index (χ0n) is 13.8. The van der Waals surface area contributed by atoms with Gasteiger partial charge < -0.3 is 9.63 Å². The van der Waals surface area contributed by atoms with E-state index in [1.165, 1.54) is 12.1 Å². The van der Waals surface area contributed by atoms with Crippen molar-refractivity contribution in [1.82, 2.24) is 10.1 Å². The summed E-state index contributed by atoms with van der Waals surface area (Å²) in [5.41, 5.74) is 0.352. The van der Waals surface area contributed by atoms with Crippen LogP contribution in [0.4, 0.5) is 0 Å². The Kier molecular flexibility index (Phi) is 4.93. The predicted octanol–water partition coefficient (Wildman–Crippen LogP) is 1.73. The monoisotopic (exact) mass is 338 g/mol. The zero-order chi connectivity index (χ0) is 17.3. The Labute approximate surface area is 136 Å². The highest BCUT2D eigenvalue weighted by Gasteiger charge is 2.25. The molecule has 0 bridgehead atoms. The Morgan fingerprint density at radius 1 is 1.30 bits per heavy atom. The molecule has 6 nitrogen and oxygen atoms in total. The van der Waals surface area contributed by atoms with Crippen molar-refractivity contribution in [2.45, 2.75) is 30.9 Å². The maximum atomic E-state index is 11.5. The summed E-state index contributed by atoms with van der Waals surface area (Å²) in [6.45, 7) is 4.45. The topological polar surface area (TPSA) is 83.6 Å². The number of hydrogen-bond acceptors (Lipinski definition) is 6. The van der Waals surface area contributed by atoms with Gasteiger partial charge in [-0.2, -0.15) is 0 Å². The van der Waals surface area contributed by atoms with Gasteiger partial charge in [-0.05, 0) is 38.6 Å². The van der Waals surface area contributed by atoms with E-state index in [2.05, 4.69) is 5.16 Å². The Hall–Kier alpha value is -1.70. The first kappa shape index (κ1) is 17.7. The Morgan fingerprint density at radius 3 is 2.39 bits per heavy atom. The van der Waals surface area contributed by atoms with Crippen LogP contribution in [0.5, 0.6) is 0 Å². The third kappa shape index (κ3) is 4.63. The molecule has 126 valence electrons. The lowest BCUT2D eigenvalue weighted by molar-refractivity contribution is 0.0208. The van der Waals surface area contributed by atoms with E-state index in [0.29, 0.717) is 18.7 Å². The van der Waals surface area contributed by atoms with Gasteiger partial charge in [0.05, 0.1) is 16.2 Å². The van der Waals surface area contributed by atoms with Gasteiger partial charge in [0.1, 0.15) is 5.76 Å². The van der Waals surface area contributed by atoms with E-state index in [0.717, 1.165) is 17.7 Å². The minimum atomic E-state index is -3.24. The third-order valence-corrected chi connectivity index (χ3v) is 4.72. The van der Waals surface area contributed by atoms with Crippen molar-refractivity contribution in [3.8, 4) is 0 Å². The van der Waals surface area contributed by atoms with Crippen LogP contribution in [-0.4, -0.2) is 43.4 Å². The van der Waals surface area contributed by atoms with Crippen LogP contribution in [0.15, 0.2) is 39.8 Å². The molecule has 0 aliphatic carbocycles. The molecule has 2 rings (SSSR count). The molecule has 1 heterocycles. The standard InChI is InChI=1S/C16H22N2O4S/c1-12-9-14(17-22-12)10-18(3)11-16(2,19)13-5-7-15(8-6-13)23(4,20)21/h5-9,19H,10-11H2,1-4H3/t16-/m0/s1. The zero-order valence-corrected chi connectivity index (χ0v) is 14.6. The molecule has 23 heavy (non-hydrogen) atoms. The van der Waals surface area contributed by atoms with Crippen LogP contribution < -0.4 is 0 Å². The second-order valence-electron chi connectivity index (χ2n) is 6.17. The van der Waals surface area contributed by atoms with Crippen LogP contribution >= 0.6 is 0 Å². The largest absolute Gasteiger partial charge is 0.384 e. The third-order valence-electron chi connectivity index (χ3n) is 3.59. The fraction of sp³-hybridized carbons (Fsp3) is 0.438. The summed E-state index contributed by atoms with van der Waals surface area (Å²) in [5.74, 6) is 0.747. The number of benzene rings is 1. The maximum Gasteiger partial charge on any atom is 0.175 e. The molecule has 1 atom stereocenters. The number of sulfone groups is 1. The van der Waals surface area contributed by atoms with Gasteiger partial charge in [-0.25, -0.2) is 8.42 Å². The van der Waals surface area contributed by atoms with Crippen LogP contribution in [0.3, 0.4) is 0 Å². The lowest BCUT2D eigenvalue weighted by Gasteiger charge is -2.29. The number of aliphatic hydroxyl groups is 1. The Bertz CT molecular complexity index is 764. The van der Waals surface area contributed by atoms with Gasteiger partial charge in [0.15, 0.2) is 9.84 Å². The second-order valence-corrected chi connectivity index (χ2v) is 8.19. The summed E-state index contributed by atoms with van der Waals surface area (Å²) in [6, 6.07) is 8.17. The van der Waals surface area contributed by atoms with Crippen molar-refractivity contribution in [1.29, 1.82) is 0 Å². The highest BCUT2D eigenvalue weighted by Crippen LogP contribution is 2.23.